The Bertz CT molecular complexity index is 883. The number of hydrogen-bond acceptors (Lipinski definition) is 5. The predicted octanol–water partition coefficient (Wildman–Crippen LogP) is 2.38. The number of ether oxygens (including phenoxy) is 1. The molecule has 0 amide bonds. The first-order valence-corrected chi connectivity index (χ1v) is 8.85. The number of rotatable bonds is 7. The molecule has 2 aromatic rings. The maximum Gasteiger partial charge on any atom is 0.315 e. The van der Waals surface area contributed by atoms with Gasteiger partial charge < -0.3 is 9.84 Å². The average Bonchev–Trinajstić information content (AvgIpc) is 3.07. The number of aliphatic hydroxyl groups excluding tert-OH is 1. The molecule has 0 saturated carbocycles. The van der Waals surface area contributed by atoms with Gasteiger partial charge in [-0.15, -0.1) is 6.58 Å². The Morgan fingerprint density at radius 1 is 1.24 bits per heavy atom. The lowest BCUT2D eigenvalue weighted by Crippen LogP contribution is -2.26. The van der Waals surface area contributed by atoms with Gasteiger partial charge in [-0.25, -0.2) is 12.4 Å². The maximum atomic E-state index is 12.9. The molecule has 0 aliphatic heterocycles. The quantitative estimate of drug-likeness (QED) is 0.604. The van der Waals surface area contributed by atoms with Crippen molar-refractivity contribution in [1.29, 1.82) is 0 Å². The van der Waals surface area contributed by atoms with Gasteiger partial charge in [-0.3, -0.25) is 4.79 Å². The van der Waals surface area contributed by atoms with E-state index in [2.05, 4.69) is 17.9 Å². The summed E-state index contributed by atoms with van der Waals surface area (Å²) in [5.41, 5.74) is 0.414. The fourth-order valence-electron chi connectivity index (χ4n) is 2.49. The van der Waals surface area contributed by atoms with Gasteiger partial charge in [-0.1, -0.05) is 36.9 Å². The van der Waals surface area contributed by atoms with Gasteiger partial charge in [-0.2, -0.15) is 0 Å². The summed E-state index contributed by atoms with van der Waals surface area (Å²) in [5.74, 6) is -1.84. The standard InChI is InChI=1S/C18H19NO5S/c1-4-13-11-12-19(25(22,23)14-9-7-6-8-10-14)16(13)17(20)15(5-2)18(21)24-3/h4-12,15,17,20H,1-2H2,3H3. The van der Waals surface area contributed by atoms with E-state index in [0.717, 1.165) is 3.97 Å². The summed E-state index contributed by atoms with van der Waals surface area (Å²) >= 11 is 0. The first-order valence-electron chi connectivity index (χ1n) is 7.41. The summed E-state index contributed by atoms with van der Waals surface area (Å²) in [5, 5.41) is 10.7. The highest BCUT2D eigenvalue weighted by atomic mass is 32.2. The zero-order chi connectivity index (χ0) is 18.6. The Morgan fingerprint density at radius 2 is 1.88 bits per heavy atom. The van der Waals surface area contributed by atoms with E-state index in [0.29, 0.717) is 5.56 Å². The summed E-state index contributed by atoms with van der Waals surface area (Å²) in [6.45, 7) is 7.15. The molecule has 132 valence electrons. The molecule has 0 aliphatic rings. The van der Waals surface area contributed by atoms with Gasteiger partial charge in [0.05, 0.1) is 17.7 Å². The highest BCUT2D eigenvalue weighted by Crippen LogP contribution is 2.31. The van der Waals surface area contributed by atoms with E-state index in [4.69, 9.17) is 0 Å². The summed E-state index contributed by atoms with van der Waals surface area (Å²) in [6.07, 6.45) is 2.48. The molecule has 0 bridgehead atoms. The van der Waals surface area contributed by atoms with Crippen LogP contribution in [-0.4, -0.2) is 30.6 Å². The van der Waals surface area contributed by atoms with Crippen molar-refractivity contribution in [1.82, 2.24) is 3.97 Å². The third-order valence-electron chi connectivity index (χ3n) is 3.79. The van der Waals surface area contributed by atoms with Crippen LogP contribution >= 0.6 is 0 Å². The Balaban J connectivity index is 2.64. The number of hydrogen-bond donors (Lipinski definition) is 1. The van der Waals surface area contributed by atoms with E-state index in [1.54, 1.807) is 18.2 Å². The molecule has 1 N–H and O–H groups in total. The predicted molar refractivity (Wildman–Crippen MR) is 94.2 cm³/mol. The number of aliphatic hydroxyl groups is 1. The van der Waals surface area contributed by atoms with Crippen molar-refractivity contribution in [3.05, 3.63) is 73.1 Å². The smallest absolute Gasteiger partial charge is 0.315 e. The molecule has 6 nitrogen and oxygen atoms in total. The van der Waals surface area contributed by atoms with E-state index in [1.165, 1.54) is 43.7 Å². The molecule has 7 heteroatoms. The Hall–Kier alpha value is -2.64. The summed E-state index contributed by atoms with van der Waals surface area (Å²) < 4.78 is 31.4. The van der Waals surface area contributed by atoms with Crippen LogP contribution in [0.3, 0.4) is 0 Å². The Kier molecular flexibility index (Phi) is 5.61. The lowest BCUT2D eigenvalue weighted by Gasteiger charge is -2.21. The first-order chi connectivity index (χ1) is 11.9. The lowest BCUT2D eigenvalue weighted by molar-refractivity contribution is -0.147. The molecule has 1 aromatic heterocycles. The van der Waals surface area contributed by atoms with Crippen molar-refractivity contribution in [2.24, 2.45) is 5.92 Å². The number of carbonyl (C=O) groups excluding carboxylic acids is 1. The molecule has 2 rings (SSSR count). The zero-order valence-electron chi connectivity index (χ0n) is 13.7. The summed E-state index contributed by atoms with van der Waals surface area (Å²) in [6, 6.07) is 9.30. The number of nitrogens with zero attached hydrogens (tertiary/aromatic N) is 1. The molecule has 0 aliphatic carbocycles. The fraction of sp³-hybridized carbons (Fsp3) is 0.167. The topological polar surface area (TPSA) is 85.6 Å². The van der Waals surface area contributed by atoms with Crippen molar-refractivity contribution >= 4 is 22.1 Å². The van der Waals surface area contributed by atoms with Gasteiger partial charge in [0.1, 0.15) is 12.0 Å². The number of benzene rings is 1. The van der Waals surface area contributed by atoms with Crippen molar-refractivity contribution < 1.29 is 23.1 Å². The van der Waals surface area contributed by atoms with Gasteiger partial charge in [0.25, 0.3) is 10.0 Å². The molecule has 0 radical (unpaired) electrons. The normalized spacial score (nSPS) is 13.7. The van der Waals surface area contributed by atoms with Crippen molar-refractivity contribution in [2.75, 3.05) is 7.11 Å². The largest absolute Gasteiger partial charge is 0.468 e. The lowest BCUT2D eigenvalue weighted by atomic mass is 9.98. The summed E-state index contributed by atoms with van der Waals surface area (Å²) in [4.78, 5) is 11.9. The molecule has 1 heterocycles. The number of methoxy groups -OCH3 is 1. The average molecular weight is 361 g/mol. The van der Waals surface area contributed by atoms with E-state index in [1.807, 2.05) is 0 Å². The molecule has 0 saturated heterocycles. The number of carbonyl (C=O) groups is 1. The van der Waals surface area contributed by atoms with Crippen molar-refractivity contribution in [3.63, 3.8) is 0 Å². The van der Waals surface area contributed by atoms with Crippen LogP contribution in [0.5, 0.6) is 0 Å². The molecular formula is C18H19NO5S. The Morgan fingerprint density at radius 3 is 2.40 bits per heavy atom. The number of esters is 1. The van der Waals surface area contributed by atoms with Gasteiger partial charge >= 0.3 is 5.97 Å². The molecule has 0 fully saturated rings. The monoisotopic (exact) mass is 361 g/mol. The van der Waals surface area contributed by atoms with Crippen LogP contribution in [0.4, 0.5) is 0 Å². The van der Waals surface area contributed by atoms with Crippen LogP contribution in [0, 0.1) is 5.92 Å². The zero-order valence-corrected chi connectivity index (χ0v) is 14.5. The molecule has 1 aromatic carbocycles. The van der Waals surface area contributed by atoms with Crippen LogP contribution in [0.1, 0.15) is 17.4 Å². The highest BCUT2D eigenvalue weighted by molar-refractivity contribution is 7.90. The van der Waals surface area contributed by atoms with Crippen LogP contribution in [0.2, 0.25) is 0 Å². The van der Waals surface area contributed by atoms with Crippen molar-refractivity contribution in [2.45, 2.75) is 11.0 Å². The third-order valence-corrected chi connectivity index (χ3v) is 5.49. The summed E-state index contributed by atoms with van der Waals surface area (Å²) in [7, 11) is -2.78. The van der Waals surface area contributed by atoms with E-state index in [-0.39, 0.29) is 10.6 Å². The van der Waals surface area contributed by atoms with Gasteiger partial charge in [0, 0.05) is 6.20 Å². The molecular weight excluding hydrogens is 342 g/mol. The van der Waals surface area contributed by atoms with Crippen LogP contribution in [0.15, 0.2) is 66.7 Å². The minimum Gasteiger partial charge on any atom is -0.468 e. The van der Waals surface area contributed by atoms with E-state index < -0.39 is 28.0 Å². The molecule has 0 spiro atoms. The number of aromatic nitrogens is 1. The van der Waals surface area contributed by atoms with Crippen molar-refractivity contribution in [3.8, 4) is 0 Å². The van der Waals surface area contributed by atoms with Crippen LogP contribution in [-0.2, 0) is 19.6 Å². The highest BCUT2D eigenvalue weighted by Gasteiger charge is 2.33. The van der Waals surface area contributed by atoms with Gasteiger partial charge in [-0.05, 0) is 23.8 Å². The second-order valence-corrected chi connectivity index (χ2v) is 7.02. The van der Waals surface area contributed by atoms with E-state index in [9.17, 15) is 18.3 Å². The minimum atomic E-state index is -3.96. The Labute approximate surface area is 146 Å². The fourth-order valence-corrected chi connectivity index (χ4v) is 3.91. The van der Waals surface area contributed by atoms with Crippen LogP contribution in [0.25, 0.3) is 6.08 Å². The molecule has 2 atom stereocenters. The SMILES string of the molecule is C=Cc1ccn(S(=O)(=O)c2ccccc2)c1C(O)C(C=C)C(=O)OC. The van der Waals surface area contributed by atoms with Gasteiger partial charge in [0.15, 0.2) is 0 Å². The second-order valence-electron chi connectivity index (χ2n) is 5.20. The molecule has 25 heavy (non-hydrogen) atoms. The first kappa shape index (κ1) is 18.7. The third kappa shape index (κ3) is 3.42. The molecule has 2 unspecified atom stereocenters. The van der Waals surface area contributed by atoms with Gasteiger partial charge in [0.2, 0.25) is 0 Å². The second kappa shape index (κ2) is 7.50. The van der Waals surface area contributed by atoms with E-state index >= 15 is 0 Å². The van der Waals surface area contributed by atoms with Crippen LogP contribution < -0.4 is 0 Å². The minimum absolute atomic E-state index is 0.0224. The maximum absolute atomic E-state index is 12.9.